The number of aliphatic hydroxyl groups excluding tert-OH is 1. The summed E-state index contributed by atoms with van der Waals surface area (Å²) < 4.78 is 0. The van der Waals surface area contributed by atoms with Crippen molar-refractivity contribution in [3.05, 3.63) is 27.7 Å². The topological polar surface area (TPSA) is 43.7 Å². The normalized spacial score (nSPS) is 23.2. The zero-order valence-corrected chi connectivity index (χ0v) is 12.5. The number of nitrogens with zero attached hydrogens (tertiary/aromatic N) is 1. The first-order valence-electron chi connectivity index (χ1n) is 6.51. The SMILES string of the molecule is CN(Cc1cc(Cl)cc(Cl)c1O)CC1CCCC1O. The van der Waals surface area contributed by atoms with Crippen LogP contribution in [0, 0.1) is 5.92 Å². The van der Waals surface area contributed by atoms with Gasteiger partial charge in [-0.05, 0) is 37.9 Å². The molecule has 1 aliphatic carbocycles. The molecule has 0 spiro atoms. The molecule has 0 heterocycles. The van der Waals surface area contributed by atoms with Gasteiger partial charge in [0.25, 0.3) is 0 Å². The molecule has 19 heavy (non-hydrogen) atoms. The number of phenols is 1. The second kappa shape index (κ2) is 6.31. The number of hydrogen-bond acceptors (Lipinski definition) is 3. The lowest BCUT2D eigenvalue weighted by Crippen LogP contribution is -2.29. The summed E-state index contributed by atoms with van der Waals surface area (Å²) >= 11 is 11.8. The standard InChI is InChI=1S/C14H19Cl2NO2/c1-17(7-9-3-2-4-13(9)18)8-10-5-11(15)6-12(16)14(10)19/h5-6,9,13,18-19H,2-4,7-8H2,1H3. The van der Waals surface area contributed by atoms with Crippen LogP contribution in [0.25, 0.3) is 0 Å². The van der Waals surface area contributed by atoms with Gasteiger partial charge in [-0.15, -0.1) is 0 Å². The highest BCUT2D eigenvalue weighted by atomic mass is 35.5. The van der Waals surface area contributed by atoms with Crippen LogP contribution in [-0.2, 0) is 6.54 Å². The lowest BCUT2D eigenvalue weighted by Gasteiger charge is -2.23. The van der Waals surface area contributed by atoms with E-state index in [1.807, 2.05) is 7.05 Å². The number of hydrogen-bond donors (Lipinski definition) is 2. The third-order valence-electron chi connectivity index (χ3n) is 3.71. The summed E-state index contributed by atoms with van der Waals surface area (Å²) in [6.45, 7) is 1.38. The molecule has 2 unspecified atom stereocenters. The minimum Gasteiger partial charge on any atom is -0.506 e. The zero-order chi connectivity index (χ0) is 14.0. The summed E-state index contributed by atoms with van der Waals surface area (Å²) in [7, 11) is 1.97. The lowest BCUT2D eigenvalue weighted by molar-refractivity contribution is 0.107. The van der Waals surface area contributed by atoms with Crippen molar-refractivity contribution in [2.75, 3.05) is 13.6 Å². The predicted octanol–water partition coefficient (Wildman–Crippen LogP) is 3.29. The van der Waals surface area contributed by atoms with Crippen molar-refractivity contribution in [2.24, 2.45) is 5.92 Å². The van der Waals surface area contributed by atoms with Gasteiger partial charge in [-0.2, -0.15) is 0 Å². The molecule has 0 bridgehead atoms. The van der Waals surface area contributed by atoms with Crippen molar-refractivity contribution >= 4 is 23.2 Å². The number of aliphatic hydroxyl groups is 1. The van der Waals surface area contributed by atoms with E-state index >= 15 is 0 Å². The summed E-state index contributed by atoms with van der Waals surface area (Å²) in [6, 6.07) is 3.26. The Hall–Kier alpha value is -0.480. The molecule has 0 aromatic heterocycles. The fraction of sp³-hybridized carbons (Fsp3) is 0.571. The van der Waals surface area contributed by atoms with Crippen LogP contribution in [0.1, 0.15) is 24.8 Å². The molecule has 0 amide bonds. The highest BCUT2D eigenvalue weighted by Crippen LogP contribution is 2.32. The van der Waals surface area contributed by atoms with Crippen molar-refractivity contribution in [2.45, 2.75) is 31.9 Å². The van der Waals surface area contributed by atoms with E-state index in [0.717, 1.165) is 25.8 Å². The molecule has 0 aliphatic heterocycles. The van der Waals surface area contributed by atoms with Crippen molar-refractivity contribution < 1.29 is 10.2 Å². The van der Waals surface area contributed by atoms with Gasteiger partial charge in [-0.25, -0.2) is 0 Å². The second-order valence-electron chi connectivity index (χ2n) is 5.35. The minimum atomic E-state index is -0.195. The van der Waals surface area contributed by atoms with Gasteiger partial charge < -0.3 is 15.1 Å². The van der Waals surface area contributed by atoms with Crippen LogP contribution in [0.3, 0.4) is 0 Å². The predicted molar refractivity (Wildman–Crippen MR) is 77.8 cm³/mol. The fourth-order valence-corrected chi connectivity index (χ4v) is 3.26. The average Bonchev–Trinajstić information content (AvgIpc) is 2.71. The molecule has 0 saturated heterocycles. The molecule has 106 valence electrons. The molecule has 2 atom stereocenters. The number of halogens is 2. The smallest absolute Gasteiger partial charge is 0.138 e. The van der Waals surface area contributed by atoms with E-state index in [4.69, 9.17) is 23.2 Å². The Labute approximate surface area is 123 Å². The van der Waals surface area contributed by atoms with E-state index in [1.54, 1.807) is 6.07 Å². The molecule has 2 N–H and O–H groups in total. The van der Waals surface area contributed by atoms with Gasteiger partial charge in [0.05, 0.1) is 11.1 Å². The quantitative estimate of drug-likeness (QED) is 0.897. The van der Waals surface area contributed by atoms with Crippen LogP contribution in [-0.4, -0.2) is 34.8 Å². The maximum atomic E-state index is 9.92. The average molecular weight is 304 g/mol. The van der Waals surface area contributed by atoms with Gasteiger partial charge in [-0.3, -0.25) is 0 Å². The molecule has 0 radical (unpaired) electrons. The molecule has 5 heteroatoms. The summed E-state index contributed by atoms with van der Waals surface area (Å²) in [5.74, 6) is 0.409. The van der Waals surface area contributed by atoms with E-state index in [0.29, 0.717) is 23.0 Å². The van der Waals surface area contributed by atoms with Crippen molar-refractivity contribution in [1.82, 2.24) is 4.90 Å². The minimum absolute atomic E-state index is 0.0879. The van der Waals surface area contributed by atoms with E-state index in [-0.39, 0.29) is 16.9 Å². The van der Waals surface area contributed by atoms with Crippen LogP contribution in [0.2, 0.25) is 10.0 Å². The Morgan fingerprint density at radius 1 is 1.32 bits per heavy atom. The fourth-order valence-electron chi connectivity index (χ4n) is 2.73. The maximum Gasteiger partial charge on any atom is 0.138 e. The second-order valence-corrected chi connectivity index (χ2v) is 6.19. The van der Waals surface area contributed by atoms with Crippen molar-refractivity contribution in [1.29, 1.82) is 0 Å². The first-order valence-corrected chi connectivity index (χ1v) is 7.26. The highest BCUT2D eigenvalue weighted by molar-refractivity contribution is 6.35. The van der Waals surface area contributed by atoms with Gasteiger partial charge in [0.1, 0.15) is 5.75 Å². The maximum absolute atomic E-state index is 9.92. The number of benzene rings is 1. The van der Waals surface area contributed by atoms with Gasteiger partial charge in [0, 0.05) is 23.7 Å². The van der Waals surface area contributed by atoms with Crippen LogP contribution >= 0.6 is 23.2 Å². The molecule has 1 aliphatic rings. The molecule has 3 nitrogen and oxygen atoms in total. The number of aromatic hydroxyl groups is 1. The number of rotatable bonds is 4. The number of phenolic OH excluding ortho intramolecular Hbond substituents is 1. The van der Waals surface area contributed by atoms with Crippen molar-refractivity contribution in [3.63, 3.8) is 0 Å². The molecular weight excluding hydrogens is 285 g/mol. The largest absolute Gasteiger partial charge is 0.506 e. The van der Waals surface area contributed by atoms with Crippen LogP contribution in [0.5, 0.6) is 5.75 Å². The molecule has 1 aromatic rings. The summed E-state index contributed by atoms with van der Waals surface area (Å²) in [5.41, 5.74) is 0.715. The third kappa shape index (κ3) is 3.76. The Bertz CT molecular complexity index is 453. The van der Waals surface area contributed by atoms with Crippen LogP contribution in [0.4, 0.5) is 0 Å². The molecule has 2 rings (SSSR count). The Morgan fingerprint density at radius 2 is 2.05 bits per heavy atom. The summed E-state index contributed by atoms with van der Waals surface area (Å²) in [4.78, 5) is 2.08. The summed E-state index contributed by atoms with van der Waals surface area (Å²) in [5, 5.41) is 20.5. The van der Waals surface area contributed by atoms with E-state index < -0.39 is 0 Å². The Morgan fingerprint density at radius 3 is 2.68 bits per heavy atom. The van der Waals surface area contributed by atoms with Crippen LogP contribution in [0.15, 0.2) is 12.1 Å². The Kier molecular flexibility index (Phi) is 4.96. The first-order chi connectivity index (χ1) is 8.97. The Balaban J connectivity index is 2.00. The monoisotopic (exact) mass is 303 g/mol. The van der Waals surface area contributed by atoms with Gasteiger partial charge >= 0.3 is 0 Å². The van der Waals surface area contributed by atoms with Crippen LogP contribution < -0.4 is 0 Å². The first kappa shape index (κ1) is 14.9. The molecule has 1 fully saturated rings. The van der Waals surface area contributed by atoms with Gasteiger partial charge in [0.2, 0.25) is 0 Å². The van der Waals surface area contributed by atoms with Crippen molar-refractivity contribution in [3.8, 4) is 5.75 Å². The summed E-state index contributed by atoms with van der Waals surface area (Å²) in [6.07, 6.45) is 2.85. The molecule has 1 aromatic carbocycles. The van der Waals surface area contributed by atoms with Gasteiger partial charge in [-0.1, -0.05) is 29.6 Å². The lowest BCUT2D eigenvalue weighted by atomic mass is 10.1. The third-order valence-corrected chi connectivity index (χ3v) is 4.22. The van der Waals surface area contributed by atoms with E-state index in [9.17, 15) is 10.2 Å². The molecular formula is C14H19Cl2NO2. The highest BCUT2D eigenvalue weighted by Gasteiger charge is 2.26. The van der Waals surface area contributed by atoms with E-state index in [2.05, 4.69) is 4.90 Å². The zero-order valence-electron chi connectivity index (χ0n) is 10.9. The van der Waals surface area contributed by atoms with E-state index in [1.165, 1.54) is 6.07 Å². The van der Waals surface area contributed by atoms with Gasteiger partial charge in [0.15, 0.2) is 0 Å². The molecule has 1 saturated carbocycles.